The summed E-state index contributed by atoms with van der Waals surface area (Å²) >= 11 is 0. The molecule has 0 aliphatic carbocycles. The molecule has 0 radical (unpaired) electrons. The molecule has 0 N–H and O–H groups in total. The molecule has 10 heavy (non-hydrogen) atoms. The zero-order valence-electron chi connectivity index (χ0n) is 5.81. The molecule has 0 aromatic heterocycles. The number of carbonyl (C=O) groups is 1. The second-order valence-electron chi connectivity index (χ2n) is 1.38. The van der Waals surface area contributed by atoms with Crippen LogP contribution in [0.1, 0.15) is 0 Å². The molecular formula is C5H9O4P. The van der Waals surface area contributed by atoms with Gasteiger partial charge in [0.25, 0.3) is 0 Å². The molecule has 0 saturated heterocycles. The summed E-state index contributed by atoms with van der Waals surface area (Å²) in [5.74, 6) is 1.10. The molecule has 0 rings (SSSR count). The van der Waals surface area contributed by atoms with Crippen LogP contribution >= 0.6 is 7.60 Å². The SMILES string of the molecule is COP(=O)(/C=C/C=O)OC. The Morgan fingerprint density at radius 1 is 1.30 bits per heavy atom. The highest BCUT2D eigenvalue weighted by atomic mass is 31.2. The van der Waals surface area contributed by atoms with E-state index >= 15 is 0 Å². The average molecular weight is 164 g/mol. The summed E-state index contributed by atoms with van der Waals surface area (Å²) in [6, 6.07) is 0. The topological polar surface area (TPSA) is 52.6 Å². The van der Waals surface area contributed by atoms with Crippen LogP contribution < -0.4 is 0 Å². The zero-order valence-corrected chi connectivity index (χ0v) is 6.71. The standard InChI is InChI=1S/C5H9O4P/c1-8-10(7,9-2)5-3-4-6/h3-5H,1-2H3/b5-3+. The first-order valence-electron chi connectivity index (χ1n) is 2.52. The molecule has 5 heteroatoms. The fraction of sp³-hybridized carbons (Fsp3) is 0.400. The third-order valence-corrected chi connectivity index (χ3v) is 2.41. The molecule has 0 atom stereocenters. The van der Waals surface area contributed by atoms with Gasteiger partial charge in [0.15, 0.2) is 0 Å². The molecule has 0 aromatic rings. The predicted octanol–water partition coefficient (Wildman–Crippen LogP) is 1.18. The zero-order chi connectivity index (χ0) is 8.04. The van der Waals surface area contributed by atoms with E-state index in [4.69, 9.17) is 0 Å². The average Bonchev–Trinajstić information content (AvgIpc) is 2.00. The molecule has 0 heterocycles. The van der Waals surface area contributed by atoms with Crippen LogP contribution in [0.25, 0.3) is 0 Å². The van der Waals surface area contributed by atoms with Crippen molar-refractivity contribution in [3.8, 4) is 0 Å². The van der Waals surface area contributed by atoms with Crippen LogP contribution in [0.4, 0.5) is 0 Å². The van der Waals surface area contributed by atoms with Crippen molar-refractivity contribution in [2.45, 2.75) is 0 Å². The maximum Gasteiger partial charge on any atom is 0.353 e. The molecule has 0 unspecified atom stereocenters. The van der Waals surface area contributed by atoms with Crippen molar-refractivity contribution in [3.63, 3.8) is 0 Å². The normalized spacial score (nSPS) is 12.2. The molecule has 0 fully saturated rings. The summed E-state index contributed by atoms with van der Waals surface area (Å²) in [5.41, 5.74) is 0. The maximum absolute atomic E-state index is 11.0. The number of hydrogen-bond donors (Lipinski definition) is 0. The van der Waals surface area contributed by atoms with Crippen molar-refractivity contribution in [2.24, 2.45) is 0 Å². The molecule has 58 valence electrons. The van der Waals surface area contributed by atoms with E-state index in [2.05, 4.69) is 9.05 Å². The van der Waals surface area contributed by atoms with Crippen molar-refractivity contribution in [1.82, 2.24) is 0 Å². The Bertz CT molecular complexity index is 166. The van der Waals surface area contributed by atoms with Crippen molar-refractivity contribution in [2.75, 3.05) is 14.2 Å². The van der Waals surface area contributed by atoms with Crippen molar-refractivity contribution in [3.05, 3.63) is 11.9 Å². The Morgan fingerprint density at radius 3 is 2.10 bits per heavy atom. The first-order valence-corrected chi connectivity index (χ1v) is 4.14. The summed E-state index contributed by atoms with van der Waals surface area (Å²) in [7, 11) is -0.611. The number of aldehydes is 1. The lowest BCUT2D eigenvalue weighted by Crippen LogP contribution is -1.82. The number of carbonyl (C=O) groups excluding carboxylic acids is 1. The van der Waals surface area contributed by atoms with Crippen molar-refractivity contribution < 1.29 is 18.4 Å². The lowest BCUT2D eigenvalue weighted by molar-refractivity contribution is -0.104. The Morgan fingerprint density at radius 2 is 1.80 bits per heavy atom. The second-order valence-corrected chi connectivity index (χ2v) is 3.49. The summed E-state index contributed by atoms with van der Waals surface area (Å²) in [6.45, 7) is 0. The largest absolute Gasteiger partial charge is 0.353 e. The van der Waals surface area contributed by atoms with Gasteiger partial charge in [-0.15, -0.1) is 0 Å². The minimum absolute atomic E-state index is 0.505. The van der Waals surface area contributed by atoms with E-state index in [1.165, 1.54) is 14.2 Å². The molecule has 0 aliphatic heterocycles. The van der Waals surface area contributed by atoms with E-state index in [1.807, 2.05) is 0 Å². The van der Waals surface area contributed by atoms with E-state index in [0.29, 0.717) is 6.29 Å². The van der Waals surface area contributed by atoms with Gasteiger partial charge in [-0.25, -0.2) is 0 Å². The summed E-state index contributed by atoms with van der Waals surface area (Å²) in [6.07, 6.45) is 1.58. The van der Waals surface area contributed by atoms with E-state index in [-0.39, 0.29) is 0 Å². The minimum atomic E-state index is -3.11. The molecule has 4 nitrogen and oxygen atoms in total. The van der Waals surface area contributed by atoms with Gasteiger partial charge in [-0.3, -0.25) is 9.36 Å². The minimum Gasteiger partial charge on any atom is -0.309 e. The molecule has 0 bridgehead atoms. The lowest BCUT2D eigenvalue weighted by atomic mass is 10.7. The van der Waals surface area contributed by atoms with Gasteiger partial charge < -0.3 is 9.05 Å². The van der Waals surface area contributed by atoms with E-state index in [1.54, 1.807) is 0 Å². The Labute approximate surface area is 59.4 Å². The molecule has 0 aromatic carbocycles. The first-order chi connectivity index (χ1) is 4.68. The van der Waals surface area contributed by atoms with Gasteiger partial charge in [0.05, 0.1) is 0 Å². The van der Waals surface area contributed by atoms with E-state index < -0.39 is 7.60 Å². The van der Waals surface area contributed by atoms with Crippen LogP contribution in [0.5, 0.6) is 0 Å². The van der Waals surface area contributed by atoms with Crippen molar-refractivity contribution in [1.29, 1.82) is 0 Å². The van der Waals surface area contributed by atoms with Gasteiger partial charge in [-0.2, -0.15) is 0 Å². The van der Waals surface area contributed by atoms with E-state index in [9.17, 15) is 9.36 Å². The lowest BCUT2D eigenvalue weighted by Gasteiger charge is -2.06. The maximum atomic E-state index is 11.0. The van der Waals surface area contributed by atoms with Gasteiger partial charge >= 0.3 is 7.60 Å². The summed E-state index contributed by atoms with van der Waals surface area (Å²) in [5, 5.41) is 0. The molecular weight excluding hydrogens is 155 g/mol. The van der Waals surface area contributed by atoms with Gasteiger partial charge in [-0.05, 0) is 6.08 Å². The summed E-state index contributed by atoms with van der Waals surface area (Å²) in [4.78, 5) is 9.76. The highest BCUT2D eigenvalue weighted by Crippen LogP contribution is 2.47. The monoisotopic (exact) mass is 164 g/mol. The van der Waals surface area contributed by atoms with Crippen molar-refractivity contribution >= 4 is 13.9 Å². The fourth-order valence-electron chi connectivity index (χ4n) is 0.337. The van der Waals surface area contributed by atoms with Crippen LogP contribution in [-0.2, 0) is 18.4 Å². The number of allylic oxidation sites excluding steroid dienone is 1. The summed E-state index contributed by atoms with van der Waals surface area (Å²) < 4.78 is 20.0. The predicted molar refractivity (Wildman–Crippen MR) is 36.8 cm³/mol. The molecule has 0 aliphatic rings. The van der Waals surface area contributed by atoms with Crippen LogP contribution in [0.2, 0.25) is 0 Å². The molecule has 0 spiro atoms. The smallest absolute Gasteiger partial charge is 0.309 e. The quantitative estimate of drug-likeness (QED) is 0.355. The van der Waals surface area contributed by atoms with Gasteiger partial charge in [-0.1, -0.05) is 0 Å². The number of hydrogen-bond acceptors (Lipinski definition) is 4. The van der Waals surface area contributed by atoms with Gasteiger partial charge in [0.2, 0.25) is 0 Å². The van der Waals surface area contributed by atoms with Crippen LogP contribution in [-0.4, -0.2) is 20.5 Å². The van der Waals surface area contributed by atoms with Gasteiger partial charge in [0, 0.05) is 20.0 Å². The second kappa shape index (κ2) is 4.39. The Kier molecular flexibility index (Phi) is 4.19. The highest BCUT2D eigenvalue weighted by molar-refractivity contribution is 7.57. The van der Waals surface area contributed by atoms with Crippen LogP contribution in [0.15, 0.2) is 11.9 Å². The van der Waals surface area contributed by atoms with Gasteiger partial charge in [0.1, 0.15) is 6.29 Å². The third-order valence-electron chi connectivity index (χ3n) is 0.856. The molecule has 0 saturated carbocycles. The third kappa shape index (κ3) is 2.92. The molecule has 0 amide bonds. The first kappa shape index (κ1) is 9.56. The Balaban J connectivity index is 4.20. The fourth-order valence-corrected chi connectivity index (χ4v) is 1.01. The number of rotatable bonds is 4. The van der Waals surface area contributed by atoms with Crippen LogP contribution in [0, 0.1) is 0 Å². The highest BCUT2D eigenvalue weighted by Gasteiger charge is 2.14. The van der Waals surface area contributed by atoms with Crippen LogP contribution in [0.3, 0.4) is 0 Å². The Hall–Kier alpha value is -0.440. The van der Waals surface area contributed by atoms with E-state index in [0.717, 1.165) is 11.9 Å².